The molecule has 0 aromatic heterocycles. The Morgan fingerprint density at radius 1 is 0.750 bits per heavy atom. The van der Waals surface area contributed by atoms with Crippen LogP contribution in [0.4, 0.5) is 0 Å². The first kappa shape index (κ1) is 15.2. The van der Waals surface area contributed by atoms with E-state index in [9.17, 15) is 0 Å². The zero-order chi connectivity index (χ0) is 16.4. The summed E-state index contributed by atoms with van der Waals surface area (Å²) in [5, 5.41) is 0. The molecule has 3 aromatic rings. The third-order valence-electron chi connectivity index (χ3n) is 4.72. The number of benzene rings is 3. The lowest BCUT2D eigenvalue weighted by molar-refractivity contribution is 0.104. The normalized spacial score (nSPS) is 19.8. The molecule has 1 saturated heterocycles. The van der Waals surface area contributed by atoms with Gasteiger partial charge in [0.1, 0.15) is 5.60 Å². The van der Waals surface area contributed by atoms with Crippen LogP contribution in [0.25, 0.3) is 0 Å². The first-order valence-electron chi connectivity index (χ1n) is 8.21. The van der Waals surface area contributed by atoms with Crippen LogP contribution in [-0.2, 0) is 10.3 Å². The molecule has 3 aromatic carbocycles. The van der Waals surface area contributed by atoms with Crippen molar-refractivity contribution in [3.8, 4) is 0 Å². The molecule has 0 amide bonds. The zero-order valence-corrected chi connectivity index (χ0v) is 13.7. The lowest BCUT2D eigenvalue weighted by atomic mass is 9.77. The summed E-state index contributed by atoms with van der Waals surface area (Å²) in [6.07, 6.45) is 0. The topological polar surface area (TPSA) is 12.5 Å². The molecule has 1 aliphatic rings. The summed E-state index contributed by atoms with van der Waals surface area (Å²) in [7, 11) is 3.92. The van der Waals surface area contributed by atoms with E-state index in [-0.39, 0.29) is 6.04 Å². The molecule has 0 unspecified atom stereocenters. The molecule has 1 atom stereocenters. The highest BCUT2D eigenvalue weighted by atomic mass is 16.5. The lowest BCUT2D eigenvalue weighted by Gasteiger charge is -2.38. The van der Waals surface area contributed by atoms with Gasteiger partial charge in [0.25, 0.3) is 0 Å². The maximum Gasteiger partial charge on any atom is 0.400 e. The Labute approximate surface area is 144 Å². The Kier molecular flexibility index (Phi) is 3.97. The maximum atomic E-state index is 6.39. The molecule has 0 aliphatic carbocycles. The Hall–Kier alpha value is -2.36. The summed E-state index contributed by atoms with van der Waals surface area (Å²) >= 11 is 0. The fraction of sp³-hybridized carbons (Fsp3) is 0.143. The van der Waals surface area contributed by atoms with Gasteiger partial charge in [0.05, 0.1) is 6.04 Å². The SMILES string of the molecule is CN1[B]OC(c2ccccc2)(c2ccccc2)[C@H]1c1ccccc1. The minimum atomic E-state index is -0.557. The van der Waals surface area contributed by atoms with Gasteiger partial charge in [0.2, 0.25) is 0 Å². The number of likely N-dealkylation sites (N-methyl/N-ethyl adjacent to an activating group) is 1. The molecular weight excluding hydrogens is 293 g/mol. The van der Waals surface area contributed by atoms with Crippen molar-refractivity contribution in [3.63, 3.8) is 0 Å². The molecule has 3 heteroatoms. The highest BCUT2D eigenvalue weighted by Crippen LogP contribution is 2.50. The summed E-state index contributed by atoms with van der Waals surface area (Å²) < 4.78 is 6.39. The Morgan fingerprint density at radius 3 is 1.71 bits per heavy atom. The fourth-order valence-corrected chi connectivity index (χ4v) is 3.67. The summed E-state index contributed by atoms with van der Waals surface area (Å²) in [4.78, 5) is 2.16. The van der Waals surface area contributed by atoms with E-state index in [2.05, 4.69) is 90.7 Å². The third kappa shape index (κ3) is 2.37. The smallest absolute Gasteiger partial charge is 0.400 e. The number of hydrogen-bond donors (Lipinski definition) is 0. The van der Waals surface area contributed by atoms with Crippen LogP contribution < -0.4 is 0 Å². The monoisotopic (exact) mass is 312 g/mol. The van der Waals surface area contributed by atoms with Crippen molar-refractivity contribution in [1.82, 2.24) is 4.81 Å². The average molecular weight is 312 g/mol. The Morgan fingerprint density at radius 2 is 1.21 bits per heavy atom. The molecule has 1 radical (unpaired) electrons. The minimum Gasteiger partial charge on any atom is -0.409 e. The van der Waals surface area contributed by atoms with Gasteiger partial charge < -0.3 is 9.47 Å². The molecule has 1 heterocycles. The summed E-state index contributed by atoms with van der Waals surface area (Å²) in [5.74, 6) is 0. The van der Waals surface area contributed by atoms with Crippen molar-refractivity contribution in [2.24, 2.45) is 0 Å². The first-order valence-corrected chi connectivity index (χ1v) is 8.21. The van der Waals surface area contributed by atoms with E-state index < -0.39 is 5.60 Å². The van der Waals surface area contributed by atoms with Crippen LogP contribution in [0, 0.1) is 0 Å². The molecule has 0 saturated carbocycles. The second kappa shape index (κ2) is 6.27. The third-order valence-corrected chi connectivity index (χ3v) is 4.72. The van der Waals surface area contributed by atoms with Gasteiger partial charge in [-0.15, -0.1) is 0 Å². The molecule has 0 spiro atoms. The molecule has 1 aliphatic heterocycles. The molecule has 4 rings (SSSR count). The van der Waals surface area contributed by atoms with Crippen LogP contribution in [0.3, 0.4) is 0 Å². The lowest BCUT2D eigenvalue weighted by Crippen LogP contribution is -2.36. The average Bonchev–Trinajstić information content (AvgIpc) is 3.02. The summed E-state index contributed by atoms with van der Waals surface area (Å²) in [5.41, 5.74) is 3.00. The van der Waals surface area contributed by atoms with Gasteiger partial charge in [-0.05, 0) is 23.7 Å². The molecule has 24 heavy (non-hydrogen) atoms. The predicted molar refractivity (Wildman–Crippen MR) is 97.4 cm³/mol. The van der Waals surface area contributed by atoms with E-state index >= 15 is 0 Å². The predicted octanol–water partition coefficient (Wildman–Crippen LogP) is 4.17. The van der Waals surface area contributed by atoms with Crippen molar-refractivity contribution in [2.45, 2.75) is 11.6 Å². The fourth-order valence-electron chi connectivity index (χ4n) is 3.67. The van der Waals surface area contributed by atoms with Crippen molar-refractivity contribution < 1.29 is 4.65 Å². The zero-order valence-electron chi connectivity index (χ0n) is 13.7. The van der Waals surface area contributed by atoms with E-state index in [4.69, 9.17) is 4.65 Å². The van der Waals surface area contributed by atoms with E-state index in [1.165, 1.54) is 5.56 Å². The van der Waals surface area contributed by atoms with Gasteiger partial charge >= 0.3 is 7.62 Å². The van der Waals surface area contributed by atoms with Crippen molar-refractivity contribution in [3.05, 3.63) is 108 Å². The Balaban J connectivity index is 1.96. The van der Waals surface area contributed by atoms with Crippen LogP contribution in [0.15, 0.2) is 91.0 Å². The van der Waals surface area contributed by atoms with Crippen molar-refractivity contribution >= 4 is 7.62 Å². The molecule has 1 fully saturated rings. The van der Waals surface area contributed by atoms with Crippen LogP contribution in [0.1, 0.15) is 22.7 Å². The summed E-state index contributed by atoms with van der Waals surface area (Å²) in [6, 6.07) is 31.6. The number of nitrogens with zero attached hydrogens (tertiary/aromatic N) is 1. The van der Waals surface area contributed by atoms with Crippen LogP contribution in [0.2, 0.25) is 0 Å². The number of hydrogen-bond acceptors (Lipinski definition) is 2. The minimum absolute atomic E-state index is 0.0727. The van der Waals surface area contributed by atoms with E-state index in [0.29, 0.717) is 0 Å². The Bertz CT molecular complexity index is 752. The van der Waals surface area contributed by atoms with Crippen LogP contribution in [-0.4, -0.2) is 19.5 Å². The second-order valence-electron chi connectivity index (χ2n) is 6.17. The van der Waals surface area contributed by atoms with E-state index in [1.54, 1.807) is 0 Å². The molecule has 2 nitrogen and oxygen atoms in total. The maximum absolute atomic E-state index is 6.39. The van der Waals surface area contributed by atoms with Crippen LogP contribution in [0.5, 0.6) is 0 Å². The molecular formula is C21H19BNO. The van der Waals surface area contributed by atoms with Crippen molar-refractivity contribution in [1.29, 1.82) is 0 Å². The van der Waals surface area contributed by atoms with E-state index in [1.807, 2.05) is 19.7 Å². The standard InChI is InChI=1S/C21H19BNO/c1-23-20(17-11-5-2-6-12-17)21(24-22-23,18-13-7-3-8-14-18)19-15-9-4-10-16-19/h2-16,20H,1H3/t20-/m1/s1. The van der Waals surface area contributed by atoms with Gasteiger partial charge in [-0.2, -0.15) is 0 Å². The molecule has 0 N–H and O–H groups in total. The first-order chi connectivity index (χ1) is 11.8. The largest absolute Gasteiger partial charge is 0.409 e. The van der Waals surface area contributed by atoms with Gasteiger partial charge in [0, 0.05) is 0 Å². The van der Waals surface area contributed by atoms with Gasteiger partial charge in [-0.25, -0.2) is 0 Å². The molecule has 117 valence electrons. The quantitative estimate of drug-likeness (QED) is 0.673. The van der Waals surface area contributed by atoms with Gasteiger partial charge in [0.15, 0.2) is 0 Å². The van der Waals surface area contributed by atoms with Gasteiger partial charge in [-0.1, -0.05) is 91.0 Å². The molecule has 0 bridgehead atoms. The van der Waals surface area contributed by atoms with Crippen molar-refractivity contribution in [2.75, 3.05) is 7.05 Å². The van der Waals surface area contributed by atoms with Crippen LogP contribution >= 0.6 is 0 Å². The highest BCUT2D eigenvalue weighted by Gasteiger charge is 2.51. The summed E-state index contributed by atoms with van der Waals surface area (Å²) in [6.45, 7) is 0. The second-order valence-corrected chi connectivity index (χ2v) is 6.17. The van der Waals surface area contributed by atoms with E-state index in [0.717, 1.165) is 11.1 Å². The highest BCUT2D eigenvalue weighted by molar-refractivity contribution is 6.25. The van der Waals surface area contributed by atoms with Gasteiger partial charge in [-0.3, -0.25) is 0 Å². The number of rotatable bonds is 3.